The maximum Gasteiger partial charge on any atom is 0.193 e. The molecule has 17 heavy (non-hydrogen) atoms. The lowest BCUT2D eigenvalue weighted by atomic mass is 10.2. The molecule has 0 bridgehead atoms. The Balaban J connectivity index is 2.19. The van der Waals surface area contributed by atoms with Gasteiger partial charge < -0.3 is 5.32 Å². The van der Waals surface area contributed by atoms with Gasteiger partial charge in [-0.15, -0.1) is 10.2 Å². The Bertz CT molecular complexity index is 536. The van der Waals surface area contributed by atoms with Gasteiger partial charge in [0.1, 0.15) is 5.69 Å². The normalized spacial score (nSPS) is 9.94. The molecular formula is C9H6F2N6. The summed E-state index contributed by atoms with van der Waals surface area (Å²) < 4.78 is 26.8. The van der Waals surface area contributed by atoms with Gasteiger partial charge in [0.05, 0.1) is 18.2 Å². The van der Waals surface area contributed by atoms with E-state index in [1.165, 1.54) is 0 Å². The summed E-state index contributed by atoms with van der Waals surface area (Å²) in [5.74, 6) is -1.41. The van der Waals surface area contributed by atoms with Crippen molar-refractivity contribution < 1.29 is 8.78 Å². The average molecular weight is 236 g/mol. The Morgan fingerprint density at radius 1 is 1.35 bits per heavy atom. The van der Waals surface area contributed by atoms with Crippen LogP contribution in [0.5, 0.6) is 0 Å². The molecule has 0 unspecified atom stereocenters. The minimum Gasteiger partial charge on any atom is -0.373 e. The lowest BCUT2D eigenvalue weighted by molar-refractivity contribution is 0.587. The van der Waals surface area contributed by atoms with Crippen LogP contribution in [0.1, 0.15) is 11.4 Å². The van der Waals surface area contributed by atoms with Crippen LogP contribution in [-0.2, 0) is 6.54 Å². The maximum atomic E-state index is 13.4. The summed E-state index contributed by atoms with van der Waals surface area (Å²) in [5, 5.41) is 23.8. The quantitative estimate of drug-likeness (QED) is 0.828. The van der Waals surface area contributed by atoms with Crippen LogP contribution in [0, 0.1) is 23.0 Å². The number of halogens is 2. The third kappa shape index (κ3) is 2.34. The highest BCUT2D eigenvalue weighted by molar-refractivity contribution is 5.50. The van der Waals surface area contributed by atoms with Gasteiger partial charge in [-0.05, 0) is 12.1 Å². The van der Waals surface area contributed by atoms with Crippen LogP contribution in [-0.4, -0.2) is 20.6 Å². The second kappa shape index (κ2) is 4.52. The fourth-order valence-corrected chi connectivity index (χ4v) is 1.23. The monoisotopic (exact) mass is 236 g/mol. The van der Waals surface area contributed by atoms with Crippen molar-refractivity contribution in [2.75, 3.05) is 5.32 Å². The first-order valence-corrected chi connectivity index (χ1v) is 4.56. The van der Waals surface area contributed by atoms with E-state index in [0.717, 1.165) is 12.1 Å². The van der Waals surface area contributed by atoms with Gasteiger partial charge in [0, 0.05) is 0 Å². The number of nitriles is 1. The zero-order chi connectivity index (χ0) is 12.3. The van der Waals surface area contributed by atoms with Gasteiger partial charge in [-0.25, -0.2) is 8.78 Å². The third-order valence-electron chi connectivity index (χ3n) is 1.98. The molecule has 2 aromatic rings. The maximum absolute atomic E-state index is 13.4. The Labute approximate surface area is 94.3 Å². The highest BCUT2D eigenvalue weighted by Gasteiger charge is 2.11. The SMILES string of the molecule is N#Cc1cc(F)c(NCc2nn[nH]n2)c(F)c1. The van der Waals surface area contributed by atoms with Crippen LogP contribution >= 0.6 is 0 Å². The van der Waals surface area contributed by atoms with Crippen molar-refractivity contribution >= 4 is 5.69 Å². The van der Waals surface area contributed by atoms with E-state index in [1.54, 1.807) is 6.07 Å². The zero-order valence-corrected chi connectivity index (χ0v) is 8.41. The number of nitrogens with zero attached hydrogens (tertiary/aromatic N) is 4. The van der Waals surface area contributed by atoms with E-state index in [-0.39, 0.29) is 23.6 Å². The van der Waals surface area contributed by atoms with Gasteiger partial charge in [0.2, 0.25) is 0 Å². The van der Waals surface area contributed by atoms with E-state index in [2.05, 4.69) is 25.9 Å². The largest absolute Gasteiger partial charge is 0.373 e. The van der Waals surface area contributed by atoms with Gasteiger partial charge >= 0.3 is 0 Å². The molecule has 1 aromatic heterocycles. The number of nitrogens with one attached hydrogen (secondary N) is 2. The van der Waals surface area contributed by atoms with Crippen molar-refractivity contribution in [1.29, 1.82) is 5.26 Å². The molecule has 8 heteroatoms. The second-order valence-corrected chi connectivity index (χ2v) is 3.11. The summed E-state index contributed by atoms with van der Waals surface area (Å²) in [6.45, 7) is 0.0240. The van der Waals surface area contributed by atoms with E-state index >= 15 is 0 Å². The number of H-pyrrole nitrogens is 1. The van der Waals surface area contributed by atoms with Gasteiger partial charge in [-0.1, -0.05) is 5.21 Å². The number of tetrazole rings is 1. The summed E-state index contributed by atoms with van der Waals surface area (Å²) in [6.07, 6.45) is 0. The number of benzene rings is 1. The van der Waals surface area contributed by atoms with Gasteiger partial charge in [-0.2, -0.15) is 10.5 Å². The minimum atomic E-state index is -0.843. The molecule has 0 aliphatic carbocycles. The molecule has 0 atom stereocenters. The molecule has 0 saturated carbocycles. The van der Waals surface area contributed by atoms with Crippen LogP contribution in [0.2, 0.25) is 0 Å². The first-order valence-electron chi connectivity index (χ1n) is 4.56. The zero-order valence-electron chi connectivity index (χ0n) is 8.41. The van der Waals surface area contributed by atoms with E-state index < -0.39 is 11.6 Å². The van der Waals surface area contributed by atoms with Gasteiger partial charge in [0.15, 0.2) is 17.5 Å². The van der Waals surface area contributed by atoms with E-state index in [4.69, 9.17) is 5.26 Å². The van der Waals surface area contributed by atoms with Crippen molar-refractivity contribution in [2.24, 2.45) is 0 Å². The number of rotatable bonds is 3. The minimum absolute atomic E-state index is 0.0240. The molecule has 1 heterocycles. The van der Waals surface area contributed by atoms with Crippen molar-refractivity contribution in [3.05, 3.63) is 35.2 Å². The molecule has 0 spiro atoms. The molecule has 0 fully saturated rings. The summed E-state index contributed by atoms with van der Waals surface area (Å²) in [7, 11) is 0. The first-order chi connectivity index (χ1) is 8.20. The Kier molecular flexibility index (Phi) is 2.91. The molecule has 1 aromatic carbocycles. The number of aromatic nitrogens is 4. The second-order valence-electron chi connectivity index (χ2n) is 3.11. The molecule has 0 saturated heterocycles. The van der Waals surface area contributed by atoms with Crippen LogP contribution in [0.15, 0.2) is 12.1 Å². The average Bonchev–Trinajstić information content (AvgIpc) is 2.80. The Morgan fingerprint density at radius 2 is 2.06 bits per heavy atom. The summed E-state index contributed by atoms with van der Waals surface area (Å²) in [5.41, 5.74) is -0.404. The lowest BCUT2D eigenvalue weighted by Gasteiger charge is -2.06. The highest BCUT2D eigenvalue weighted by Crippen LogP contribution is 2.20. The molecule has 2 N–H and O–H groups in total. The third-order valence-corrected chi connectivity index (χ3v) is 1.98. The summed E-state index contributed by atoms with van der Waals surface area (Å²) in [4.78, 5) is 0. The standard InChI is InChI=1S/C9H6F2N6/c10-6-1-5(3-12)2-7(11)9(6)13-4-8-14-16-17-15-8/h1-2,13H,4H2,(H,14,15,16,17). The van der Waals surface area contributed by atoms with Crippen LogP contribution in [0.25, 0.3) is 0 Å². The molecule has 86 valence electrons. The van der Waals surface area contributed by atoms with Crippen molar-refractivity contribution in [3.8, 4) is 6.07 Å². The Morgan fingerprint density at radius 3 is 2.59 bits per heavy atom. The molecule has 0 amide bonds. The van der Waals surface area contributed by atoms with Crippen molar-refractivity contribution in [2.45, 2.75) is 6.54 Å². The van der Waals surface area contributed by atoms with E-state index in [1.807, 2.05) is 0 Å². The van der Waals surface area contributed by atoms with Crippen LogP contribution in [0.3, 0.4) is 0 Å². The Hall–Kier alpha value is -2.56. The van der Waals surface area contributed by atoms with E-state index in [9.17, 15) is 8.78 Å². The number of hydrogen-bond donors (Lipinski definition) is 2. The van der Waals surface area contributed by atoms with Crippen molar-refractivity contribution in [1.82, 2.24) is 20.6 Å². The fraction of sp³-hybridized carbons (Fsp3) is 0.111. The van der Waals surface area contributed by atoms with Gasteiger partial charge in [0.25, 0.3) is 0 Å². The molecular weight excluding hydrogens is 230 g/mol. The first kappa shape index (κ1) is 10.9. The topological polar surface area (TPSA) is 90.3 Å². The highest BCUT2D eigenvalue weighted by atomic mass is 19.1. The smallest absolute Gasteiger partial charge is 0.193 e. The van der Waals surface area contributed by atoms with Crippen LogP contribution in [0.4, 0.5) is 14.5 Å². The van der Waals surface area contributed by atoms with Crippen molar-refractivity contribution in [3.63, 3.8) is 0 Å². The van der Waals surface area contributed by atoms with E-state index in [0.29, 0.717) is 0 Å². The molecule has 0 aliphatic heterocycles. The number of anilines is 1. The van der Waals surface area contributed by atoms with Crippen LogP contribution < -0.4 is 5.32 Å². The number of hydrogen-bond acceptors (Lipinski definition) is 5. The fourth-order valence-electron chi connectivity index (χ4n) is 1.23. The molecule has 0 aliphatic rings. The lowest BCUT2D eigenvalue weighted by Crippen LogP contribution is -2.05. The van der Waals surface area contributed by atoms with Gasteiger partial charge in [-0.3, -0.25) is 0 Å². The molecule has 6 nitrogen and oxygen atoms in total. The predicted molar refractivity (Wildman–Crippen MR) is 52.6 cm³/mol. The molecule has 0 radical (unpaired) electrons. The summed E-state index contributed by atoms with van der Waals surface area (Å²) >= 11 is 0. The predicted octanol–water partition coefficient (Wildman–Crippen LogP) is 0.962. The molecule has 2 rings (SSSR count). The number of aromatic amines is 1. The summed E-state index contributed by atoms with van der Waals surface area (Å²) in [6, 6.07) is 3.55.